The molecule has 0 aliphatic carbocycles. The zero-order valence-corrected chi connectivity index (χ0v) is 14.6. The second kappa shape index (κ2) is 8.91. The monoisotopic (exact) mass is 402 g/mol. The molecular weight excluding hydrogens is 388 g/mol. The summed E-state index contributed by atoms with van der Waals surface area (Å²) in [6.07, 6.45) is 4.25. The lowest BCUT2D eigenvalue weighted by Crippen LogP contribution is -2.14. The van der Waals surface area contributed by atoms with Gasteiger partial charge in [0.1, 0.15) is 12.3 Å². The number of Topliss-reactive ketones (excluding diaryl/α,β-unsaturated/α-hetero) is 1. The van der Waals surface area contributed by atoms with Crippen molar-refractivity contribution in [2.75, 3.05) is 6.54 Å². The number of aromatic hydroxyl groups is 1. The largest absolute Gasteiger partial charge is 0.508 e. The van der Waals surface area contributed by atoms with E-state index in [0.717, 1.165) is 11.1 Å². The number of benzene rings is 2. The van der Waals surface area contributed by atoms with Crippen molar-refractivity contribution in [3.63, 3.8) is 0 Å². The first kappa shape index (κ1) is 18.6. The number of hydrogen-bond acceptors (Lipinski definition) is 5. The molecule has 2 aromatic carbocycles. The maximum Gasteiger partial charge on any atom is 0.267 e. The number of carbonyl (C=O) groups excluding carboxylic acids is 2. The molecule has 0 unspecified atom stereocenters. The van der Waals surface area contributed by atoms with E-state index >= 15 is 0 Å². The van der Waals surface area contributed by atoms with Crippen LogP contribution in [0.3, 0.4) is 0 Å². The summed E-state index contributed by atoms with van der Waals surface area (Å²) < 4.78 is 0.687. The molecule has 0 heterocycles. The van der Waals surface area contributed by atoms with Gasteiger partial charge in [-0.1, -0.05) is 24.3 Å². The average Bonchev–Trinajstić information content (AvgIpc) is 2.61. The van der Waals surface area contributed by atoms with E-state index in [1.807, 2.05) is 0 Å². The third-order valence-electron chi connectivity index (χ3n) is 3.22. The molecule has 0 aromatic heterocycles. The predicted octanol–water partition coefficient (Wildman–Crippen LogP) is 2.98. The molecule has 0 bridgehead atoms. The lowest BCUT2D eigenvalue weighted by Gasteiger charge is -2.00. The smallest absolute Gasteiger partial charge is 0.267 e. The summed E-state index contributed by atoms with van der Waals surface area (Å²) in [6.45, 7) is -0.00454. The number of amides is 1. The second-order valence-corrected chi connectivity index (χ2v) is 5.88. The normalized spacial score (nSPS) is 11.1. The highest BCUT2D eigenvalue weighted by Crippen LogP contribution is 2.20. The minimum Gasteiger partial charge on any atom is -0.508 e. The van der Waals surface area contributed by atoms with Gasteiger partial charge < -0.3 is 5.11 Å². The van der Waals surface area contributed by atoms with Crippen molar-refractivity contribution >= 4 is 39.9 Å². The lowest BCUT2D eigenvalue weighted by atomic mass is 10.1. The van der Waals surface area contributed by atoms with Gasteiger partial charge in [-0.05, 0) is 45.8 Å². The molecule has 0 radical (unpaired) electrons. The fourth-order valence-corrected chi connectivity index (χ4v) is 2.40. The fraction of sp³-hybridized carbons (Fsp3) is 0.0556. The van der Waals surface area contributed by atoms with E-state index < -0.39 is 5.91 Å². The number of nitrogens with one attached hydrogen (secondary N) is 1. The summed E-state index contributed by atoms with van der Waals surface area (Å²) in [4.78, 5) is 27.1. The molecule has 0 spiro atoms. The van der Waals surface area contributed by atoms with E-state index in [0.29, 0.717) is 10.0 Å². The highest BCUT2D eigenvalue weighted by atomic mass is 79.9. The molecule has 0 fully saturated rings. The molecule has 0 atom stereocenters. The number of halogens is 1. The minimum absolute atomic E-state index is 0.00454. The van der Waals surface area contributed by atoms with Crippen LogP contribution in [-0.4, -0.2) is 34.8 Å². The van der Waals surface area contributed by atoms with Crippen molar-refractivity contribution in [1.29, 1.82) is 0 Å². The van der Waals surface area contributed by atoms with Crippen LogP contribution in [0.1, 0.15) is 21.5 Å². The minimum atomic E-state index is -0.630. The van der Waals surface area contributed by atoms with Crippen LogP contribution in [0.5, 0.6) is 5.75 Å². The van der Waals surface area contributed by atoms with Gasteiger partial charge in [0.2, 0.25) is 0 Å². The third-order valence-corrected chi connectivity index (χ3v) is 3.91. The number of phenols is 1. The van der Waals surface area contributed by atoms with E-state index in [1.165, 1.54) is 23.7 Å². The van der Waals surface area contributed by atoms with Gasteiger partial charge >= 0.3 is 0 Å². The summed E-state index contributed by atoms with van der Waals surface area (Å²) >= 11 is 3.31. The standard InChI is InChI=1S/C18H15BrN2O4/c19-16-9-15(22)7-6-14(16)10-20-11-17(23)13-4-1-12(2-5-13)3-8-18(24)21-25/h1-10,22,25H,11H2,(H,21,24)/b8-3+,20-10?. The summed E-state index contributed by atoms with van der Waals surface area (Å²) in [5, 5.41) is 17.7. The maximum absolute atomic E-state index is 12.1. The molecule has 2 rings (SSSR count). The third kappa shape index (κ3) is 5.66. The molecular formula is C18H15BrN2O4. The van der Waals surface area contributed by atoms with Gasteiger partial charge in [-0.15, -0.1) is 0 Å². The number of hydrogen-bond donors (Lipinski definition) is 3. The van der Waals surface area contributed by atoms with Gasteiger partial charge in [0.15, 0.2) is 5.78 Å². The Hall–Kier alpha value is -2.77. The highest BCUT2D eigenvalue weighted by molar-refractivity contribution is 9.10. The molecule has 1 amide bonds. The van der Waals surface area contributed by atoms with Gasteiger partial charge in [0.05, 0.1) is 0 Å². The van der Waals surface area contributed by atoms with E-state index in [-0.39, 0.29) is 18.1 Å². The number of nitrogens with zero attached hydrogens (tertiary/aromatic N) is 1. The predicted molar refractivity (Wildman–Crippen MR) is 98.0 cm³/mol. The maximum atomic E-state index is 12.1. The van der Waals surface area contributed by atoms with Gasteiger partial charge in [-0.25, -0.2) is 5.48 Å². The van der Waals surface area contributed by atoms with E-state index in [2.05, 4.69) is 20.9 Å². The Labute approximate surface area is 152 Å². The van der Waals surface area contributed by atoms with Crippen LogP contribution in [0.4, 0.5) is 0 Å². The quantitative estimate of drug-likeness (QED) is 0.227. The van der Waals surface area contributed by atoms with E-state index in [9.17, 15) is 14.7 Å². The van der Waals surface area contributed by atoms with Gasteiger partial charge in [-0.2, -0.15) is 0 Å². The Morgan fingerprint density at radius 3 is 2.52 bits per heavy atom. The first-order chi connectivity index (χ1) is 12.0. The Morgan fingerprint density at radius 2 is 1.88 bits per heavy atom. The fourth-order valence-electron chi connectivity index (χ4n) is 1.93. The molecule has 25 heavy (non-hydrogen) atoms. The van der Waals surface area contributed by atoms with Crippen LogP contribution in [-0.2, 0) is 4.79 Å². The first-order valence-electron chi connectivity index (χ1n) is 7.23. The Kier molecular flexibility index (Phi) is 6.62. The first-order valence-corrected chi connectivity index (χ1v) is 8.02. The zero-order valence-electron chi connectivity index (χ0n) is 13.0. The van der Waals surface area contributed by atoms with Crippen molar-refractivity contribution in [3.05, 3.63) is 69.7 Å². The second-order valence-electron chi connectivity index (χ2n) is 5.03. The SMILES string of the molecule is O=C(/C=C/c1ccc(C(=O)CN=Cc2ccc(O)cc2Br)cc1)NO. The van der Waals surface area contributed by atoms with Crippen molar-refractivity contribution in [2.24, 2.45) is 4.99 Å². The average molecular weight is 403 g/mol. The molecule has 2 aromatic rings. The molecule has 3 N–H and O–H groups in total. The molecule has 7 heteroatoms. The van der Waals surface area contributed by atoms with Crippen LogP contribution >= 0.6 is 15.9 Å². The highest BCUT2D eigenvalue weighted by Gasteiger charge is 2.04. The lowest BCUT2D eigenvalue weighted by molar-refractivity contribution is -0.124. The zero-order chi connectivity index (χ0) is 18.2. The van der Waals surface area contributed by atoms with Crippen LogP contribution in [0, 0.1) is 0 Å². The number of phenolic OH excluding ortho intramolecular Hbond substituents is 1. The molecule has 0 aliphatic heterocycles. The van der Waals surface area contributed by atoms with Crippen molar-refractivity contribution in [3.8, 4) is 5.75 Å². The van der Waals surface area contributed by atoms with Crippen LogP contribution < -0.4 is 5.48 Å². The molecule has 128 valence electrons. The van der Waals surface area contributed by atoms with Gasteiger partial charge in [0, 0.05) is 27.9 Å². The van der Waals surface area contributed by atoms with Crippen LogP contribution in [0.2, 0.25) is 0 Å². The van der Waals surface area contributed by atoms with Gasteiger partial charge in [-0.3, -0.25) is 19.8 Å². The Balaban J connectivity index is 1.97. The summed E-state index contributed by atoms with van der Waals surface area (Å²) in [7, 11) is 0. The molecule has 6 nitrogen and oxygen atoms in total. The Morgan fingerprint density at radius 1 is 1.16 bits per heavy atom. The van der Waals surface area contributed by atoms with Crippen LogP contribution in [0.25, 0.3) is 6.08 Å². The molecule has 0 aliphatic rings. The summed E-state index contributed by atoms with van der Waals surface area (Å²) in [6, 6.07) is 11.4. The number of ketones is 1. The number of carbonyl (C=O) groups is 2. The van der Waals surface area contributed by atoms with Crippen molar-refractivity contribution in [2.45, 2.75) is 0 Å². The summed E-state index contributed by atoms with van der Waals surface area (Å²) in [5.41, 5.74) is 3.48. The number of rotatable bonds is 6. The van der Waals surface area contributed by atoms with Crippen LogP contribution in [0.15, 0.2) is 58.0 Å². The van der Waals surface area contributed by atoms with Crippen molar-refractivity contribution < 1.29 is 19.9 Å². The van der Waals surface area contributed by atoms with E-state index in [4.69, 9.17) is 5.21 Å². The molecule has 0 saturated heterocycles. The number of hydroxylamine groups is 1. The molecule has 0 saturated carbocycles. The van der Waals surface area contributed by atoms with Gasteiger partial charge in [0.25, 0.3) is 5.91 Å². The number of aliphatic imine (C=N–C) groups is 1. The van der Waals surface area contributed by atoms with Crippen molar-refractivity contribution in [1.82, 2.24) is 5.48 Å². The Bertz CT molecular complexity index is 829. The summed E-state index contributed by atoms with van der Waals surface area (Å²) in [5.74, 6) is -0.629. The topological polar surface area (TPSA) is 99.0 Å². The van der Waals surface area contributed by atoms with E-state index in [1.54, 1.807) is 42.6 Å².